The molecule has 12 heavy (non-hydrogen) atoms. The zero-order valence-corrected chi connectivity index (χ0v) is 9.11. The first-order chi connectivity index (χ1) is 5.16. The Bertz CT molecular complexity index is 145. The van der Waals surface area contributed by atoms with Crippen LogP contribution in [0.15, 0.2) is 0 Å². The van der Waals surface area contributed by atoms with Gasteiger partial charge in [-0.25, -0.2) is 0 Å². The van der Waals surface area contributed by atoms with Crippen molar-refractivity contribution in [1.29, 1.82) is 0 Å². The smallest absolute Gasteiger partial charge is 0.313 e. The molecule has 0 bridgehead atoms. The predicted molar refractivity (Wildman–Crippen MR) is 40.9 cm³/mol. The second-order valence-corrected chi connectivity index (χ2v) is 2.42. The molecular formula is C8H14O3Ti. The molecule has 0 heterocycles. The van der Waals surface area contributed by atoms with Crippen molar-refractivity contribution >= 4 is 11.9 Å². The SMILES string of the molecule is CCCCCC(=O)OC(C)=O.[Ti]. The van der Waals surface area contributed by atoms with Gasteiger partial charge in [0.05, 0.1) is 0 Å². The van der Waals surface area contributed by atoms with Crippen LogP contribution in [0.3, 0.4) is 0 Å². The third-order valence-corrected chi connectivity index (χ3v) is 1.24. The van der Waals surface area contributed by atoms with Crippen LogP contribution in [0, 0.1) is 0 Å². The largest absolute Gasteiger partial charge is 0.393 e. The van der Waals surface area contributed by atoms with Gasteiger partial charge in [-0.1, -0.05) is 19.8 Å². The topological polar surface area (TPSA) is 43.4 Å². The summed E-state index contributed by atoms with van der Waals surface area (Å²) in [6, 6.07) is 0. The first-order valence-corrected chi connectivity index (χ1v) is 3.88. The van der Waals surface area contributed by atoms with Crippen LogP contribution in [0.4, 0.5) is 0 Å². The Morgan fingerprint density at radius 1 is 1.25 bits per heavy atom. The molecule has 0 fully saturated rings. The van der Waals surface area contributed by atoms with Crippen LogP contribution in [0.5, 0.6) is 0 Å². The third kappa shape index (κ3) is 9.85. The van der Waals surface area contributed by atoms with E-state index < -0.39 is 11.9 Å². The van der Waals surface area contributed by atoms with Gasteiger partial charge in [0.1, 0.15) is 0 Å². The summed E-state index contributed by atoms with van der Waals surface area (Å²) in [7, 11) is 0. The van der Waals surface area contributed by atoms with E-state index in [-0.39, 0.29) is 21.7 Å². The van der Waals surface area contributed by atoms with Gasteiger partial charge in [-0.05, 0) is 6.42 Å². The molecule has 0 aromatic rings. The predicted octanol–water partition coefficient (Wildman–Crippen LogP) is 1.65. The number of esters is 2. The average molecular weight is 206 g/mol. The molecule has 0 rings (SSSR count). The minimum absolute atomic E-state index is 0. The van der Waals surface area contributed by atoms with Gasteiger partial charge < -0.3 is 4.74 Å². The molecule has 0 N–H and O–H groups in total. The molecule has 4 heteroatoms. The Balaban J connectivity index is 0. The van der Waals surface area contributed by atoms with Crippen molar-refractivity contribution in [2.45, 2.75) is 39.5 Å². The van der Waals surface area contributed by atoms with Crippen molar-refractivity contribution in [3.8, 4) is 0 Å². The van der Waals surface area contributed by atoms with Crippen LogP contribution in [-0.4, -0.2) is 11.9 Å². The van der Waals surface area contributed by atoms with Gasteiger partial charge in [0.25, 0.3) is 0 Å². The first-order valence-electron chi connectivity index (χ1n) is 3.88. The summed E-state index contributed by atoms with van der Waals surface area (Å²) >= 11 is 0. The molecule has 0 aromatic carbocycles. The van der Waals surface area contributed by atoms with Crippen LogP contribution >= 0.6 is 0 Å². The first kappa shape index (κ1) is 14.4. The summed E-state index contributed by atoms with van der Waals surface area (Å²) in [6.07, 6.45) is 3.23. The van der Waals surface area contributed by atoms with Crippen molar-refractivity contribution < 1.29 is 36.0 Å². The minimum atomic E-state index is -0.522. The molecular weight excluding hydrogens is 192 g/mol. The van der Waals surface area contributed by atoms with E-state index in [2.05, 4.69) is 11.7 Å². The van der Waals surface area contributed by atoms with Crippen LogP contribution in [0.1, 0.15) is 39.5 Å². The second kappa shape index (κ2) is 8.95. The quantitative estimate of drug-likeness (QED) is 0.304. The van der Waals surface area contributed by atoms with Gasteiger partial charge in [-0.15, -0.1) is 0 Å². The Morgan fingerprint density at radius 3 is 2.25 bits per heavy atom. The summed E-state index contributed by atoms with van der Waals surface area (Å²) in [4.78, 5) is 20.9. The molecule has 3 nitrogen and oxygen atoms in total. The fourth-order valence-electron chi connectivity index (χ4n) is 0.731. The summed E-state index contributed by atoms with van der Waals surface area (Å²) in [5, 5.41) is 0. The summed E-state index contributed by atoms with van der Waals surface area (Å²) in [5.74, 6) is -0.933. The molecule has 0 amide bonds. The molecule has 0 spiro atoms. The van der Waals surface area contributed by atoms with Crippen LogP contribution < -0.4 is 0 Å². The summed E-state index contributed by atoms with van der Waals surface area (Å²) in [6.45, 7) is 3.29. The van der Waals surface area contributed by atoms with Crippen molar-refractivity contribution in [3.63, 3.8) is 0 Å². The molecule has 0 atom stereocenters. The average Bonchev–Trinajstić information content (AvgIpc) is 1.86. The minimum Gasteiger partial charge on any atom is -0.393 e. The number of carbonyl (C=O) groups is 2. The summed E-state index contributed by atoms with van der Waals surface area (Å²) < 4.78 is 4.32. The summed E-state index contributed by atoms with van der Waals surface area (Å²) in [5.41, 5.74) is 0. The maximum Gasteiger partial charge on any atom is 0.313 e. The van der Waals surface area contributed by atoms with Gasteiger partial charge in [-0.3, -0.25) is 9.59 Å². The normalized spacial score (nSPS) is 8.50. The Morgan fingerprint density at radius 2 is 1.83 bits per heavy atom. The van der Waals surface area contributed by atoms with Crippen molar-refractivity contribution in [1.82, 2.24) is 0 Å². The van der Waals surface area contributed by atoms with E-state index in [0.717, 1.165) is 19.3 Å². The standard InChI is InChI=1S/C8H14O3.Ti/c1-3-4-5-6-8(10)11-7(2)9;/h3-6H2,1-2H3;. The van der Waals surface area contributed by atoms with E-state index in [1.807, 2.05) is 0 Å². The fraction of sp³-hybridized carbons (Fsp3) is 0.750. The van der Waals surface area contributed by atoms with Gasteiger partial charge in [0.15, 0.2) is 0 Å². The Hall–Kier alpha value is -0.146. The Labute approximate surface area is 87.7 Å². The van der Waals surface area contributed by atoms with Crippen molar-refractivity contribution in [3.05, 3.63) is 0 Å². The van der Waals surface area contributed by atoms with Crippen molar-refractivity contribution in [2.75, 3.05) is 0 Å². The molecule has 0 aromatic heterocycles. The van der Waals surface area contributed by atoms with E-state index in [1.54, 1.807) is 0 Å². The maximum absolute atomic E-state index is 10.7. The molecule has 0 saturated heterocycles. The van der Waals surface area contributed by atoms with E-state index in [9.17, 15) is 9.59 Å². The number of hydrogen-bond acceptors (Lipinski definition) is 3. The molecule has 0 saturated carbocycles. The van der Waals surface area contributed by atoms with Gasteiger partial charge >= 0.3 is 11.9 Å². The van der Waals surface area contributed by atoms with Gasteiger partial charge in [0, 0.05) is 35.1 Å². The van der Waals surface area contributed by atoms with E-state index in [1.165, 1.54) is 6.92 Å². The number of hydrogen-bond donors (Lipinski definition) is 0. The van der Waals surface area contributed by atoms with Crippen molar-refractivity contribution in [2.24, 2.45) is 0 Å². The monoisotopic (exact) mass is 206 g/mol. The molecule has 0 aliphatic heterocycles. The van der Waals surface area contributed by atoms with Crippen LogP contribution in [0.25, 0.3) is 0 Å². The fourth-order valence-corrected chi connectivity index (χ4v) is 0.731. The number of carbonyl (C=O) groups excluding carboxylic acids is 2. The number of ether oxygens (including phenoxy) is 1. The molecule has 0 radical (unpaired) electrons. The zero-order chi connectivity index (χ0) is 8.69. The molecule has 0 aliphatic carbocycles. The van der Waals surface area contributed by atoms with Crippen LogP contribution in [-0.2, 0) is 36.0 Å². The van der Waals surface area contributed by atoms with E-state index in [4.69, 9.17) is 0 Å². The third-order valence-electron chi connectivity index (χ3n) is 1.24. The van der Waals surface area contributed by atoms with Crippen LogP contribution in [0.2, 0.25) is 0 Å². The second-order valence-electron chi connectivity index (χ2n) is 2.42. The molecule has 68 valence electrons. The molecule has 0 unspecified atom stereocenters. The van der Waals surface area contributed by atoms with Gasteiger partial charge in [-0.2, -0.15) is 0 Å². The van der Waals surface area contributed by atoms with E-state index in [0.29, 0.717) is 6.42 Å². The number of unbranched alkanes of at least 4 members (excludes halogenated alkanes) is 2. The Kier molecular flexibility index (Phi) is 10.7. The number of rotatable bonds is 4. The van der Waals surface area contributed by atoms with E-state index >= 15 is 0 Å². The maximum atomic E-state index is 10.7. The molecule has 0 aliphatic rings. The van der Waals surface area contributed by atoms with Gasteiger partial charge in [0.2, 0.25) is 0 Å². The zero-order valence-electron chi connectivity index (χ0n) is 7.55.